The summed E-state index contributed by atoms with van der Waals surface area (Å²) in [5.74, 6) is 0.805. The van der Waals surface area contributed by atoms with Crippen molar-refractivity contribution in [2.24, 2.45) is 0 Å². The summed E-state index contributed by atoms with van der Waals surface area (Å²) < 4.78 is 23.4. The van der Waals surface area contributed by atoms with Crippen molar-refractivity contribution in [2.75, 3.05) is 0 Å². The van der Waals surface area contributed by atoms with Gasteiger partial charge in [-0.25, -0.2) is 4.79 Å². The van der Waals surface area contributed by atoms with Gasteiger partial charge in [0, 0.05) is 17.7 Å². The van der Waals surface area contributed by atoms with Crippen LogP contribution in [-0.2, 0) is 26.4 Å². The van der Waals surface area contributed by atoms with Crippen molar-refractivity contribution < 1.29 is 28.8 Å². The van der Waals surface area contributed by atoms with Gasteiger partial charge >= 0.3 is 5.97 Å². The number of carboxylic acid groups (broad SMARTS) is 1. The minimum atomic E-state index is -1.11. The molecular formula is C44H38Cl2O6. The van der Waals surface area contributed by atoms with E-state index in [9.17, 15) is 9.90 Å². The van der Waals surface area contributed by atoms with E-state index >= 15 is 0 Å². The average molecular weight is 734 g/mol. The summed E-state index contributed by atoms with van der Waals surface area (Å²) in [6, 6.07) is 45.7. The second kappa shape index (κ2) is 19.1. The zero-order chi connectivity index (χ0) is 36.7. The standard InChI is InChI=1S/C23H21ClO2.C21H17ClO4/c1-17(2)20-13-21(24)23(26-16-19-11-7-4-8-12-19)14-22(20)25-15-18-9-5-3-6-10-18;22-18-11-17(21(23)24)19(25-13-15-7-3-1-4-8-15)12-20(18)26-14-16-9-5-2-6-10-16/h3-14H,1,15-16H2,2H3;1-12H,13-14H2,(H,23,24). The second-order valence-electron chi connectivity index (χ2n) is 11.7. The van der Waals surface area contributed by atoms with Gasteiger partial charge in [-0.3, -0.25) is 0 Å². The monoisotopic (exact) mass is 732 g/mol. The normalized spacial score (nSPS) is 10.4. The largest absolute Gasteiger partial charge is 0.488 e. The molecule has 264 valence electrons. The number of rotatable bonds is 14. The fourth-order valence-electron chi connectivity index (χ4n) is 4.97. The molecule has 0 aliphatic carbocycles. The molecule has 1 N–H and O–H groups in total. The third-order valence-electron chi connectivity index (χ3n) is 7.71. The number of hydrogen-bond acceptors (Lipinski definition) is 5. The van der Waals surface area contributed by atoms with Gasteiger partial charge in [-0.05, 0) is 46.9 Å². The van der Waals surface area contributed by atoms with Crippen molar-refractivity contribution >= 4 is 34.7 Å². The van der Waals surface area contributed by atoms with Crippen LogP contribution in [0.4, 0.5) is 0 Å². The van der Waals surface area contributed by atoms with E-state index in [-0.39, 0.29) is 22.9 Å². The Hall–Kier alpha value is -5.69. The smallest absolute Gasteiger partial charge is 0.339 e. The first-order chi connectivity index (χ1) is 25.3. The van der Waals surface area contributed by atoms with E-state index in [1.54, 1.807) is 0 Å². The summed E-state index contributed by atoms with van der Waals surface area (Å²) in [7, 11) is 0. The molecule has 6 aromatic carbocycles. The Morgan fingerprint density at radius 3 is 1.10 bits per heavy atom. The first kappa shape index (κ1) is 37.6. The molecule has 0 saturated heterocycles. The van der Waals surface area contributed by atoms with Gasteiger partial charge in [0.05, 0.1) is 10.0 Å². The van der Waals surface area contributed by atoms with E-state index in [0.29, 0.717) is 42.1 Å². The summed E-state index contributed by atoms with van der Waals surface area (Å²) in [5.41, 5.74) is 5.88. The number of carbonyl (C=O) groups is 1. The molecule has 52 heavy (non-hydrogen) atoms. The molecule has 0 heterocycles. The fraction of sp³-hybridized carbons (Fsp3) is 0.114. The molecule has 0 amide bonds. The van der Waals surface area contributed by atoms with Gasteiger partial charge in [0.2, 0.25) is 0 Å². The number of carboxylic acids is 1. The fourth-order valence-corrected chi connectivity index (χ4v) is 5.41. The van der Waals surface area contributed by atoms with E-state index in [4.69, 9.17) is 42.1 Å². The van der Waals surface area contributed by atoms with Gasteiger partial charge in [0.25, 0.3) is 0 Å². The zero-order valence-electron chi connectivity index (χ0n) is 28.6. The minimum Gasteiger partial charge on any atom is -0.488 e. The Labute approximate surface area is 314 Å². The molecule has 0 aromatic heterocycles. The molecule has 0 spiro atoms. The van der Waals surface area contributed by atoms with Gasteiger partial charge in [0.15, 0.2) is 0 Å². The maximum absolute atomic E-state index is 11.5. The first-order valence-corrected chi connectivity index (χ1v) is 17.3. The van der Waals surface area contributed by atoms with Crippen LogP contribution in [0.25, 0.3) is 5.57 Å². The molecule has 6 nitrogen and oxygen atoms in total. The van der Waals surface area contributed by atoms with Crippen molar-refractivity contribution in [3.8, 4) is 23.0 Å². The molecule has 8 heteroatoms. The van der Waals surface area contributed by atoms with Gasteiger partial charge in [-0.15, -0.1) is 0 Å². The lowest BCUT2D eigenvalue weighted by molar-refractivity contribution is 0.0691. The lowest BCUT2D eigenvalue weighted by atomic mass is 10.1. The summed E-state index contributed by atoms with van der Waals surface area (Å²) in [6.07, 6.45) is 0. The molecule has 0 aliphatic rings. The number of halogens is 2. The Kier molecular flexibility index (Phi) is 13.8. The predicted molar refractivity (Wildman–Crippen MR) is 208 cm³/mol. The van der Waals surface area contributed by atoms with E-state index < -0.39 is 5.97 Å². The van der Waals surface area contributed by atoms with E-state index in [0.717, 1.165) is 33.4 Å². The van der Waals surface area contributed by atoms with Crippen LogP contribution in [-0.4, -0.2) is 11.1 Å². The van der Waals surface area contributed by atoms with Crippen LogP contribution >= 0.6 is 23.2 Å². The molecule has 0 atom stereocenters. The molecule has 6 rings (SSSR count). The number of hydrogen-bond donors (Lipinski definition) is 1. The zero-order valence-corrected chi connectivity index (χ0v) is 30.1. The highest BCUT2D eigenvalue weighted by Crippen LogP contribution is 2.37. The summed E-state index contributed by atoms with van der Waals surface area (Å²) in [6.45, 7) is 7.46. The van der Waals surface area contributed by atoms with Crippen LogP contribution in [0, 0.1) is 0 Å². The highest BCUT2D eigenvalue weighted by molar-refractivity contribution is 6.32. The molecule has 0 saturated carbocycles. The number of aromatic carboxylic acids is 1. The van der Waals surface area contributed by atoms with Gasteiger partial charge < -0.3 is 24.1 Å². The lowest BCUT2D eigenvalue weighted by Gasteiger charge is -2.16. The average Bonchev–Trinajstić information content (AvgIpc) is 3.17. The third-order valence-corrected chi connectivity index (χ3v) is 8.30. The van der Waals surface area contributed by atoms with Crippen LogP contribution in [0.3, 0.4) is 0 Å². The van der Waals surface area contributed by atoms with Crippen molar-refractivity contribution in [3.63, 3.8) is 0 Å². The Balaban J connectivity index is 0.000000201. The summed E-state index contributed by atoms with van der Waals surface area (Å²) in [4.78, 5) is 11.5. The summed E-state index contributed by atoms with van der Waals surface area (Å²) in [5, 5.41) is 10.2. The Morgan fingerprint density at radius 2 is 0.788 bits per heavy atom. The van der Waals surface area contributed by atoms with Gasteiger partial charge in [-0.1, -0.05) is 151 Å². The van der Waals surface area contributed by atoms with E-state index in [1.165, 1.54) is 12.1 Å². The van der Waals surface area contributed by atoms with Crippen molar-refractivity contribution in [1.29, 1.82) is 0 Å². The van der Waals surface area contributed by atoms with E-state index in [1.807, 2.05) is 140 Å². The van der Waals surface area contributed by atoms with Crippen molar-refractivity contribution in [3.05, 3.63) is 196 Å². The molecule has 0 bridgehead atoms. The van der Waals surface area contributed by atoms with Crippen LogP contribution in [0.2, 0.25) is 10.0 Å². The van der Waals surface area contributed by atoms with Crippen LogP contribution < -0.4 is 18.9 Å². The molecule has 6 aromatic rings. The van der Waals surface area contributed by atoms with Crippen LogP contribution in [0.1, 0.15) is 45.1 Å². The highest BCUT2D eigenvalue weighted by Gasteiger charge is 2.17. The summed E-state index contributed by atoms with van der Waals surface area (Å²) >= 11 is 12.6. The van der Waals surface area contributed by atoms with Crippen LogP contribution in [0.5, 0.6) is 23.0 Å². The number of allylic oxidation sites excluding steroid dienone is 1. The van der Waals surface area contributed by atoms with Crippen molar-refractivity contribution in [1.82, 2.24) is 0 Å². The maximum atomic E-state index is 11.5. The minimum absolute atomic E-state index is 0.00186. The number of benzene rings is 6. The predicted octanol–water partition coefficient (Wildman–Crippen LogP) is 11.7. The van der Waals surface area contributed by atoms with E-state index in [2.05, 4.69) is 6.58 Å². The quantitative estimate of drug-likeness (QED) is 0.120. The number of ether oxygens (including phenoxy) is 4. The molecule has 0 aliphatic heterocycles. The highest BCUT2D eigenvalue weighted by atomic mass is 35.5. The van der Waals surface area contributed by atoms with Gasteiger partial charge in [-0.2, -0.15) is 0 Å². The Bertz CT molecular complexity index is 1900. The molecular weight excluding hydrogens is 695 g/mol. The van der Waals surface area contributed by atoms with Crippen LogP contribution in [0.15, 0.2) is 152 Å². The molecule has 0 unspecified atom stereocenters. The third kappa shape index (κ3) is 11.2. The topological polar surface area (TPSA) is 74.2 Å². The molecule has 0 radical (unpaired) electrons. The first-order valence-electron chi connectivity index (χ1n) is 16.5. The van der Waals surface area contributed by atoms with Gasteiger partial charge in [0.1, 0.15) is 55.0 Å². The van der Waals surface area contributed by atoms with Crippen molar-refractivity contribution in [2.45, 2.75) is 33.4 Å². The Morgan fingerprint density at radius 1 is 0.500 bits per heavy atom. The SMILES string of the molecule is C=C(C)c1cc(Cl)c(OCc2ccccc2)cc1OCc1ccccc1.O=C(O)c1cc(Cl)c(OCc2ccccc2)cc1OCc1ccccc1. The molecule has 0 fully saturated rings. The maximum Gasteiger partial charge on any atom is 0.339 e. The lowest BCUT2D eigenvalue weighted by Crippen LogP contribution is -2.05. The second-order valence-corrected chi connectivity index (χ2v) is 12.6.